The Morgan fingerprint density at radius 3 is 2.28 bits per heavy atom. The van der Waals surface area contributed by atoms with Crippen molar-refractivity contribution in [2.75, 3.05) is 13.9 Å². The van der Waals surface area contributed by atoms with Crippen molar-refractivity contribution in [3.8, 4) is 17.2 Å². The van der Waals surface area contributed by atoms with Crippen LogP contribution >= 0.6 is 0 Å². The van der Waals surface area contributed by atoms with Crippen molar-refractivity contribution >= 4 is 5.97 Å². The fraction of sp³-hybridized carbons (Fsp3) is 0.208. The molecule has 0 saturated heterocycles. The first-order valence-corrected chi connectivity index (χ1v) is 9.53. The number of carbonyl (C=O) groups excluding carboxylic acids is 1. The van der Waals surface area contributed by atoms with Gasteiger partial charge in [0.25, 0.3) is 0 Å². The minimum Gasteiger partial charge on any atom is -0.508 e. The van der Waals surface area contributed by atoms with E-state index in [1.807, 2.05) is 54.6 Å². The molecule has 1 unspecified atom stereocenters. The van der Waals surface area contributed by atoms with Crippen molar-refractivity contribution in [1.82, 2.24) is 0 Å². The molecule has 0 spiro atoms. The Morgan fingerprint density at radius 2 is 1.55 bits per heavy atom. The van der Waals surface area contributed by atoms with Crippen molar-refractivity contribution in [3.05, 3.63) is 89.0 Å². The topological polar surface area (TPSA) is 65.0 Å². The van der Waals surface area contributed by atoms with Crippen molar-refractivity contribution in [2.45, 2.75) is 11.8 Å². The lowest BCUT2D eigenvalue weighted by Crippen LogP contribution is -2.25. The summed E-state index contributed by atoms with van der Waals surface area (Å²) in [6, 6.07) is 21.0. The van der Waals surface area contributed by atoms with Crippen LogP contribution in [0.5, 0.6) is 17.2 Å². The van der Waals surface area contributed by atoms with Crippen LogP contribution in [0, 0.1) is 5.92 Å². The van der Waals surface area contributed by atoms with E-state index in [4.69, 9.17) is 14.2 Å². The van der Waals surface area contributed by atoms with Gasteiger partial charge in [0.05, 0.1) is 13.0 Å². The van der Waals surface area contributed by atoms with E-state index in [-0.39, 0.29) is 30.3 Å². The summed E-state index contributed by atoms with van der Waals surface area (Å²) < 4.78 is 16.2. The second kappa shape index (κ2) is 6.85. The number of hydrogen-bond donors (Lipinski definition) is 1. The zero-order valence-corrected chi connectivity index (χ0v) is 15.9. The smallest absolute Gasteiger partial charge is 0.310 e. The largest absolute Gasteiger partial charge is 0.508 e. The second-order valence-corrected chi connectivity index (χ2v) is 7.30. The predicted octanol–water partition coefficient (Wildman–Crippen LogP) is 4.19. The summed E-state index contributed by atoms with van der Waals surface area (Å²) in [7, 11) is 1.41. The maximum absolute atomic E-state index is 13.0. The Bertz CT molecular complexity index is 1090. The monoisotopic (exact) mass is 388 g/mol. The third-order valence-electron chi connectivity index (χ3n) is 5.89. The number of esters is 1. The van der Waals surface area contributed by atoms with Crippen LogP contribution in [0.2, 0.25) is 0 Å². The Kier molecular flexibility index (Phi) is 4.16. The molecule has 2 aliphatic rings. The summed E-state index contributed by atoms with van der Waals surface area (Å²) in [5, 5.41) is 10.6. The van der Waals surface area contributed by atoms with Crippen molar-refractivity contribution in [1.29, 1.82) is 0 Å². The molecule has 0 fully saturated rings. The SMILES string of the molecule is COC(=O)C1[C@H](c2ccccc2O)c2ccccc2[C@@H]1c1ccc2c(c1)OCO2. The summed E-state index contributed by atoms with van der Waals surface area (Å²) in [6.07, 6.45) is 0. The third-order valence-corrected chi connectivity index (χ3v) is 5.89. The van der Waals surface area contributed by atoms with Gasteiger partial charge in [-0.2, -0.15) is 0 Å². The number of hydrogen-bond acceptors (Lipinski definition) is 5. The van der Waals surface area contributed by atoms with Gasteiger partial charge in [-0.3, -0.25) is 4.79 Å². The molecule has 3 atom stereocenters. The molecule has 5 nitrogen and oxygen atoms in total. The minimum absolute atomic E-state index is 0.174. The molecule has 1 aliphatic carbocycles. The maximum atomic E-state index is 13.0. The fourth-order valence-corrected chi connectivity index (χ4v) is 4.67. The van der Waals surface area contributed by atoms with E-state index >= 15 is 0 Å². The van der Waals surface area contributed by atoms with Gasteiger partial charge in [0, 0.05) is 17.4 Å². The first-order valence-electron chi connectivity index (χ1n) is 9.53. The molecule has 0 amide bonds. The maximum Gasteiger partial charge on any atom is 0.310 e. The summed E-state index contributed by atoms with van der Waals surface area (Å²) >= 11 is 0. The van der Waals surface area contributed by atoms with Crippen LogP contribution in [0.1, 0.15) is 34.1 Å². The number of rotatable bonds is 3. The molecule has 0 saturated carbocycles. The van der Waals surface area contributed by atoms with Crippen LogP contribution in [0.15, 0.2) is 66.7 Å². The van der Waals surface area contributed by atoms with E-state index in [1.54, 1.807) is 12.1 Å². The van der Waals surface area contributed by atoms with Crippen LogP contribution in [-0.4, -0.2) is 25.0 Å². The van der Waals surface area contributed by atoms with Crippen molar-refractivity contribution in [3.63, 3.8) is 0 Å². The van der Waals surface area contributed by atoms with E-state index in [1.165, 1.54) is 7.11 Å². The molecule has 29 heavy (non-hydrogen) atoms. The molecule has 0 aromatic heterocycles. The molecule has 1 heterocycles. The second-order valence-electron chi connectivity index (χ2n) is 7.30. The number of fused-ring (bicyclic) bond motifs is 2. The quantitative estimate of drug-likeness (QED) is 0.682. The standard InChI is InChI=1S/C24H20O5/c1-27-24(26)23-21(14-10-11-19-20(12-14)29-13-28-19)15-6-2-3-7-16(15)22(23)17-8-4-5-9-18(17)25/h2-12,21-23,25H,13H2,1H3/t21-,22-,23?/m0/s1. The average Bonchev–Trinajstić information content (AvgIpc) is 3.35. The summed E-state index contributed by atoms with van der Waals surface area (Å²) in [4.78, 5) is 13.0. The van der Waals surface area contributed by atoms with Crippen LogP contribution < -0.4 is 9.47 Å². The van der Waals surface area contributed by atoms with Gasteiger partial charge in [-0.05, 0) is 34.9 Å². The van der Waals surface area contributed by atoms with Crippen LogP contribution in [0.25, 0.3) is 0 Å². The van der Waals surface area contributed by atoms with Gasteiger partial charge < -0.3 is 19.3 Å². The first kappa shape index (κ1) is 17.6. The van der Waals surface area contributed by atoms with Gasteiger partial charge in [0.15, 0.2) is 11.5 Å². The number of methoxy groups -OCH3 is 1. The molecule has 146 valence electrons. The Balaban J connectivity index is 1.72. The van der Waals surface area contributed by atoms with Crippen molar-refractivity contribution < 1.29 is 24.1 Å². The number of carbonyl (C=O) groups is 1. The van der Waals surface area contributed by atoms with E-state index in [2.05, 4.69) is 0 Å². The van der Waals surface area contributed by atoms with Gasteiger partial charge in [-0.1, -0.05) is 48.5 Å². The molecule has 1 N–H and O–H groups in total. The Morgan fingerprint density at radius 1 is 0.897 bits per heavy atom. The molecule has 3 aromatic rings. The number of phenols is 1. The lowest BCUT2D eigenvalue weighted by molar-refractivity contribution is -0.146. The highest BCUT2D eigenvalue weighted by Crippen LogP contribution is 2.55. The molecular formula is C24H20O5. The summed E-state index contributed by atoms with van der Waals surface area (Å²) in [5.74, 6) is 0.199. The number of phenolic OH excluding ortho intramolecular Hbond substituents is 1. The van der Waals surface area contributed by atoms with E-state index in [0.29, 0.717) is 11.5 Å². The zero-order valence-electron chi connectivity index (χ0n) is 15.9. The molecule has 1 aliphatic heterocycles. The molecule has 5 rings (SSSR count). The third kappa shape index (κ3) is 2.73. The molecule has 0 bridgehead atoms. The van der Waals surface area contributed by atoms with Crippen LogP contribution in [0.4, 0.5) is 0 Å². The van der Waals surface area contributed by atoms with Crippen molar-refractivity contribution in [2.24, 2.45) is 5.92 Å². The Hall–Kier alpha value is -3.47. The van der Waals surface area contributed by atoms with Crippen LogP contribution in [0.3, 0.4) is 0 Å². The van der Waals surface area contributed by atoms with Crippen LogP contribution in [-0.2, 0) is 9.53 Å². The normalized spacial score (nSPS) is 21.6. The first-order chi connectivity index (χ1) is 14.2. The summed E-state index contributed by atoms with van der Waals surface area (Å²) in [5.41, 5.74) is 3.75. The number of para-hydroxylation sites is 1. The van der Waals surface area contributed by atoms with Gasteiger partial charge in [-0.25, -0.2) is 0 Å². The Labute approximate surface area is 168 Å². The molecular weight excluding hydrogens is 368 g/mol. The minimum atomic E-state index is -0.508. The highest BCUT2D eigenvalue weighted by atomic mass is 16.7. The average molecular weight is 388 g/mol. The number of benzene rings is 3. The van der Waals surface area contributed by atoms with Gasteiger partial charge in [0.1, 0.15) is 5.75 Å². The zero-order chi connectivity index (χ0) is 20.0. The molecule has 0 radical (unpaired) electrons. The lowest BCUT2D eigenvalue weighted by Gasteiger charge is -2.24. The fourth-order valence-electron chi connectivity index (χ4n) is 4.67. The van der Waals surface area contributed by atoms with E-state index < -0.39 is 5.92 Å². The highest BCUT2D eigenvalue weighted by Gasteiger charge is 2.47. The predicted molar refractivity (Wildman–Crippen MR) is 106 cm³/mol. The van der Waals surface area contributed by atoms with Gasteiger partial charge >= 0.3 is 5.97 Å². The van der Waals surface area contributed by atoms with Gasteiger partial charge in [-0.15, -0.1) is 0 Å². The molecule has 3 aromatic carbocycles. The number of ether oxygens (including phenoxy) is 3. The van der Waals surface area contributed by atoms with Gasteiger partial charge in [0.2, 0.25) is 6.79 Å². The van der Waals surface area contributed by atoms with E-state index in [0.717, 1.165) is 22.3 Å². The van der Waals surface area contributed by atoms with E-state index in [9.17, 15) is 9.90 Å². The lowest BCUT2D eigenvalue weighted by atomic mass is 9.79. The number of aromatic hydroxyl groups is 1. The summed E-state index contributed by atoms with van der Waals surface area (Å²) in [6.45, 7) is 0.195. The molecule has 5 heteroatoms. The highest BCUT2D eigenvalue weighted by molar-refractivity contribution is 5.80.